The molecule has 0 bridgehead atoms. The third kappa shape index (κ3) is 4.09. The molecule has 142 valence electrons. The number of likely N-dealkylation sites (tertiary alicyclic amines) is 1. The second-order valence-corrected chi connectivity index (χ2v) is 7.77. The third-order valence-electron chi connectivity index (χ3n) is 4.56. The Kier molecular flexibility index (Phi) is 5.09. The van der Waals surface area contributed by atoms with Gasteiger partial charge >= 0.3 is 12.1 Å². The Morgan fingerprint density at radius 1 is 1.27 bits per heavy atom. The summed E-state index contributed by atoms with van der Waals surface area (Å²) in [7, 11) is 0. The Bertz CT molecular complexity index is 685. The van der Waals surface area contributed by atoms with Gasteiger partial charge in [-0.25, -0.2) is 9.59 Å². The van der Waals surface area contributed by atoms with Gasteiger partial charge in [-0.05, 0) is 33.3 Å². The summed E-state index contributed by atoms with van der Waals surface area (Å²) in [5, 5.41) is 12.8. The fourth-order valence-corrected chi connectivity index (χ4v) is 3.46. The van der Waals surface area contributed by atoms with Gasteiger partial charge in [0.05, 0.1) is 18.8 Å². The zero-order valence-electron chi connectivity index (χ0n) is 15.4. The Morgan fingerprint density at radius 3 is 2.69 bits per heavy atom. The quantitative estimate of drug-likeness (QED) is 0.859. The molecule has 2 heterocycles. The van der Waals surface area contributed by atoms with Crippen molar-refractivity contribution in [2.75, 3.05) is 18.4 Å². The van der Waals surface area contributed by atoms with Crippen molar-refractivity contribution in [1.82, 2.24) is 4.90 Å². The van der Waals surface area contributed by atoms with Crippen molar-refractivity contribution in [3.05, 3.63) is 29.8 Å². The lowest BCUT2D eigenvalue weighted by Gasteiger charge is -2.29. The molecule has 3 atom stereocenters. The molecule has 0 radical (unpaired) electrons. The lowest BCUT2D eigenvalue weighted by molar-refractivity contribution is -0.142. The van der Waals surface area contributed by atoms with Crippen LogP contribution in [0.25, 0.3) is 0 Å². The maximum absolute atomic E-state index is 12.4. The second kappa shape index (κ2) is 7.15. The first-order valence-electron chi connectivity index (χ1n) is 8.95. The molecule has 0 spiro atoms. The van der Waals surface area contributed by atoms with E-state index in [2.05, 4.69) is 5.32 Å². The van der Waals surface area contributed by atoms with Gasteiger partial charge < -0.3 is 19.9 Å². The van der Waals surface area contributed by atoms with Crippen LogP contribution in [0.5, 0.6) is 0 Å². The molecule has 1 unspecified atom stereocenters. The van der Waals surface area contributed by atoms with Crippen molar-refractivity contribution in [3.8, 4) is 0 Å². The number of nitrogens with one attached hydrogen (secondary N) is 1. The molecule has 2 aliphatic heterocycles. The van der Waals surface area contributed by atoms with Crippen LogP contribution in [0.4, 0.5) is 10.5 Å². The number of hydrogen-bond donors (Lipinski definition) is 2. The first-order chi connectivity index (χ1) is 12.2. The number of hydrogen-bond acceptors (Lipinski definition) is 5. The summed E-state index contributed by atoms with van der Waals surface area (Å²) in [6.07, 6.45) is 0.0187. The maximum Gasteiger partial charge on any atom is 0.411 e. The summed E-state index contributed by atoms with van der Waals surface area (Å²) in [4.78, 5) is 25.3. The zero-order valence-corrected chi connectivity index (χ0v) is 15.4. The fraction of sp³-hybridized carbons (Fsp3) is 0.579. The Labute approximate surface area is 153 Å². The number of anilines is 1. The Hall–Kier alpha value is -2.28. The molecule has 0 saturated carbocycles. The largest absolute Gasteiger partial charge is 0.480 e. The van der Waals surface area contributed by atoms with Crippen molar-refractivity contribution in [2.45, 2.75) is 57.5 Å². The number of carbonyl (C=O) groups excluding carboxylic acids is 1. The Balaban J connectivity index is 1.71. The van der Waals surface area contributed by atoms with Crippen molar-refractivity contribution < 1.29 is 24.2 Å². The van der Waals surface area contributed by atoms with Crippen molar-refractivity contribution in [1.29, 1.82) is 0 Å². The number of fused-ring (bicyclic) bond motifs is 1. The number of carboxylic acid groups (broad SMARTS) is 1. The summed E-state index contributed by atoms with van der Waals surface area (Å²) in [5.74, 6) is -1.03. The van der Waals surface area contributed by atoms with E-state index in [1.165, 1.54) is 4.90 Å². The number of carboxylic acids is 1. The molecule has 1 aromatic carbocycles. The number of para-hydroxylation sites is 1. The van der Waals surface area contributed by atoms with E-state index in [1.807, 2.05) is 24.3 Å². The highest BCUT2D eigenvalue weighted by Gasteiger charge is 2.43. The van der Waals surface area contributed by atoms with Gasteiger partial charge in [0.2, 0.25) is 0 Å². The first-order valence-corrected chi connectivity index (χ1v) is 8.95. The van der Waals surface area contributed by atoms with Crippen LogP contribution in [-0.2, 0) is 14.3 Å². The first kappa shape index (κ1) is 18.5. The van der Waals surface area contributed by atoms with Crippen LogP contribution >= 0.6 is 0 Å². The molecular weight excluding hydrogens is 336 g/mol. The average molecular weight is 362 g/mol. The molecule has 0 aromatic heterocycles. The number of nitrogens with zero attached hydrogens (tertiary/aromatic N) is 1. The maximum atomic E-state index is 12.4. The molecule has 0 aliphatic carbocycles. The van der Waals surface area contributed by atoms with Crippen LogP contribution in [0.15, 0.2) is 24.3 Å². The molecule has 2 aliphatic rings. The molecule has 1 saturated heterocycles. The molecule has 1 amide bonds. The van der Waals surface area contributed by atoms with Gasteiger partial charge in [0.1, 0.15) is 11.6 Å². The molecule has 2 N–H and O–H groups in total. The highest BCUT2D eigenvalue weighted by atomic mass is 16.6. The summed E-state index contributed by atoms with van der Waals surface area (Å²) < 4.78 is 11.6. The predicted octanol–water partition coefficient (Wildman–Crippen LogP) is 3.02. The van der Waals surface area contributed by atoms with E-state index in [0.29, 0.717) is 0 Å². The van der Waals surface area contributed by atoms with E-state index in [1.54, 1.807) is 20.8 Å². The SMILES string of the molecule is CC(C)(C)OC(=O)N1C[C@H](OC2CCNc3ccccc32)C[C@H]1C(=O)O. The number of amides is 1. The van der Waals surface area contributed by atoms with E-state index < -0.39 is 23.7 Å². The topological polar surface area (TPSA) is 88.1 Å². The van der Waals surface area contributed by atoms with Crippen LogP contribution < -0.4 is 5.32 Å². The van der Waals surface area contributed by atoms with Gasteiger partial charge in [0.25, 0.3) is 0 Å². The molecular formula is C19H26N2O5. The van der Waals surface area contributed by atoms with Gasteiger partial charge in [-0.1, -0.05) is 18.2 Å². The van der Waals surface area contributed by atoms with Gasteiger partial charge in [-0.3, -0.25) is 4.90 Å². The van der Waals surface area contributed by atoms with Gasteiger partial charge in [0.15, 0.2) is 0 Å². The molecule has 7 nitrogen and oxygen atoms in total. The summed E-state index contributed by atoms with van der Waals surface area (Å²) >= 11 is 0. The minimum Gasteiger partial charge on any atom is -0.480 e. The number of rotatable bonds is 3. The van der Waals surface area contributed by atoms with Crippen LogP contribution in [0, 0.1) is 0 Å². The molecule has 26 heavy (non-hydrogen) atoms. The van der Waals surface area contributed by atoms with Gasteiger partial charge in [-0.15, -0.1) is 0 Å². The van der Waals surface area contributed by atoms with Crippen molar-refractivity contribution in [2.24, 2.45) is 0 Å². The predicted molar refractivity (Wildman–Crippen MR) is 96.1 cm³/mol. The minimum absolute atomic E-state index is 0.106. The molecule has 3 rings (SSSR count). The van der Waals surface area contributed by atoms with E-state index in [0.717, 1.165) is 24.2 Å². The number of carbonyl (C=O) groups is 2. The lowest BCUT2D eigenvalue weighted by atomic mass is 10.00. The molecule has 7 heteroatoms. The molecule has 1 fully saturated rings. The number of aliphatic carboxylic acids is 1. The van der Waals surface area contributed by atoms with Crippen LogP contribution in [0.3, 0.4) is 0 Å². The van der Waals surface area contributed by atoms with Crippen LogP contribution in [0.1, 0.15) is 45.3 Å². The normalized spacial score (nSPS) is 25.3. The van der Waals surface area contributed by atoms with Crippen LogP contribution in [-0.4, -0.2) is 52.9 Å². The van der Waals surface area contributed by atoms with E-state index >= 15 is 0 Å². The fourth-order valence-electron chi connectivity index (χ4n) is 3.46. The van der Waals surface area contributed by atoms with Crippen molar-refractivity contribution >= 4 is 17.7 Å². The smallest absolute Gasteiger partial charge is 0.411 e. The highest BCUT2D eigenvalue weighted by Crippen LogP contribution is 2.35. The average Bonchev–Trinajstić information content (AvgIpc) is 2.98. The summed E-state index contributed by atoms with van der Waals surface area (Å²) in [6, 6.07) is 7.03. The van der Waals surface area contributed by atoms with E-state index in [9.17, 15) is 14.7 Å². The van der Waals surface area contributed by atoms with Gasteiger partial charge in [-0.2, -0.15) is 0 Å². The third-order valence-corrected chi connectivity index (χ3v) is 4.56. The lowest BCUT2D eigenvalue weighted by Crippen LogP contribution is -2.43. The standard InChI is InChI=1S/C19H26N2O5/c1-19(2,3)26-18(24)21-11-12(10-15(21)17(22)23)25-16-8-9-20-14-7-5-4-6-13(14)16/h4-7,12,15-16,20H,8-11H2,1-3H3,(H,22,23)/t12-,15+,16?/m1/s1. The van der Waals surface area contributed by atoms with Crippen LogP contribution in [0.2, 0.25) is 0 Å². The number of benzene rings is 1. The van der Waals surface area contributed by atoms with Crippen molar-refractivity contribution in [3.63, 3.8) is 0 Å². The second-order valence-electron chi connectivity index (χ2n) is 7.77. The highest BCUT2D eigenvalue weighted by molar-refractivity contribution is 5.81. The summed E-state index contributed by atoms with van der Waals surface area (Å²) in [6.45, 7) is 6.30. The zero-order chi connectivity index (χ0) is 18.9. The summed E-state index contributed by atoms with van der Waals surface area (Å²) in [5.41, 5.74) is 1.44. The minimum atomic E-state index is -1.03. The number of ether oxygens (including phenoxy) is 2. The van der Waals surface area contributed by atoms with Gasteiger partial charge in [0, 0.05) is 24.2 Å². The van der Waals surface area contributed by atoms with E-state index in [4.69, 9.17) is 9.47 Å². The monoisotopic (exact) mass is 362 g/mol. The molecule has 1 aromatic rings. The van der Waals surface area contributed by atoms with E-state index in [-0.39, 0.29) is 25.2 Å². The Morgan fingerprint density at radius 2 is 2.00 bits per heavy atom.